The Morgan fingerprint density at radius 1 is 0.943 bits per heavy atom. The largest absolute Gasteiger partial charge is 0.458 e. The summed E-state index contributed by atoms with van der Waals surface area (Å²) >= 11 is 0. The number of amides is 2. The quantitative estimate of drug-likeness (QED) is 0.197. The standard InChI is InChI=1S/C28H24BFN2O3/c1-3-9-26(19(2)29)35-22-16-14-20(15-17-22)18-25(28(34)31-21-10-5-4-6-11-21)32-27(33)23-12-7-8-13-24(23)30/h3-18H,1-2H3,(H,31,34)(H,32,33)/b9-3-,25-18-,26-19-. The van der Waals surface area contributed by atoms with Gasteiger partial charge in [0.05, 0.1) is 5.56 Å². The normalized spacial score (nSPS) is 12.1. The fourth-order valence-corrected chi connectivity index (χ4v) is 3.04. The van der Waals surface area contributed by atoms with E-state index in [1.54, 1.807) is 67.6 Å². The Bertz CT molecular complexity index is 1280. The number of para-hydroxylation sites is 1. The van der Waals surface area contributed by atoms with Crippen molar-refractivity contribution in [2.24, 2.45) is 0 Å². The summed E-state index contributed by atoms with van der Waals surface area (Å²) in [6.45, 7) is 3.60. The maximum absolute atomic E-state index is 14.1. The van der Waals surface area contributed by atoms with E-state index in [-0.39, 0.29) is 11.3 Å². The summed E-state index contributed by atoms with van der Waals surface area (Å²) in [5, 5.41) is 5.26. The number of rotatable bonds is 8. The summed E-state index contributed by atoms with van der Waals surface area (Å²) in [6.07, 6.45) is 5.07. The minimum absolute atomic E-state index is 0.0527. The van der Waals surface area contributed by atoms with E-state index < -0.39 is 17.6 Å². The van der Waals surface area contributed by atoms with Gasteiger partial charge >= 0.3 is 0 Å². The predicted molar refractivity (Wildman–Crippen MR) is 137 cm³/mol. The molecule has 3 aromatic carbocycles. The summed E-state index contributed by atoms with van der Waals surface area (Å²) in [6, 6.07) is 21.2. The number of ether oxygens (including phenoxy) is 1. The van der Waals surface area contributed by atoms with E-state index in [0.29, 0.717) is 28.2 Å². The van der Waals surface area contributed by atoms with Gasteiger partial charge in [-0.25, -0.2) is 4.39 Å². The van der Waals surface area contributed by atoms with Crippen LogP contribution in [0.4, 0.5) is 10.1 Å². The summed E-state index contributed by atoms with van der Waals surface area (Å²) in [7, 11) is 5.85. The van der Waals surface area contributed by atoms with E-state index in [1.807, 2.05) is 19.1 Å². The zero-order chi connectivity index (χ0) is 25.2. The zero-order valence-corrected chi connectivity index (χ0v) is 19.4. The van der Waals surface area contributed by atoms with Crippen LogP contribution in [-0.2, 0) is 4.79 Å². The van der Waals surface area contributed by atoms with Crippen molar-refractivity contribution in [1.82, 2.24) is 5.32 Å². The van der Waals surface area contributed by atoms with Crippen molar-refractivity contribution < 1.29 is 18.7 Å². The van der Waals surface area contributed by atoms with Crippen molar-refractivity contribution in [3.8, 4) is 5.75 Å². The monoisotopic (exact) mass is 466 g/mol. The van der Waals surface area contributed by atoms with Crippen molar-refractivity contribution in [2.75, 3.05) is 5.32 Å². The molecule has 0 spiro atoms. The highest BCUT2D eigenvalue weighted by molar-refractivity contribution is 6.21. The fourth-order valence-electron chi connectivity index (χ4n) is 3.04. The maximum Gasteiger partial charge on any atom is 0.272 e. The second-order valence-corrected chi connectivity index (χ2v) is 7.53. The van der Waals surface area contributed by atoms with E-state index in [2.05, 4.69) is 10.6 Å². The van der Waals surface area contributed by atoms with Crippen LogP contribution in [0.2, 0.25) is 0 Å². The average molecular weight is 466 g/mol. The van der Waals surface area contributed by atoms with Gasteiger partial charge in [0.2, 0.25) is 0 Å². The molecule has 0 saturated carbocycles. The number of nitrogens with one attached hydrogen (secondary N) is 2. The van der Waals surface area contributed by atoms with E-state index in [1.165, 1.54) is 24.3 Å². The molecule has 2 amide bonds. The molecule has 35 heavy (non-hydrogen) atoms. The van der Waals surface area contributed by atoms with E-state index in [0.717, 1.165) is 0 Å². The first-order valence-corrected chi connectivity index (χ1v) is 10.9. The number of benzene rings is 3. The summed E-state index contributed by atoms with van der Waals surface area (Å²) < 4.78 is 19.9. The Morgan fingerprint density at radius 3 is 2.23 bits per heavy atom. The Hall–Kier alpha value is -4.39. The highest BCUT2D eigenvalue weighted by Crippen LogP contribution is 2.19. The van der Waals surface area contributed by atoms with Crippen LogP contribution in [0.15, 0.2) is 108 Å². The van der Waals surface area contributed by atoms with Crippen LogP contribution in [-0.4, -0.2) is 19.7 Å². The van der Waals surface area contributed by atoms with Crippen molar-refractivity contribution in [3.05, 3.63) is 125 Å². The molecule has 2 radical (unpaired) electrons. The molecule has 2 N–H and O–H groups in total. The van der Waals surface area contributed by atoms with Gasteiger partial charge in [0, 0.05) is 5.69 Å². The van der Waals surface area contributed by atoms with Crippen LogP contribution in [0, 0.1) is 5.82 Å². The van der Waals surface area contributed by atoms with Gasteiger partial charge in [-0.1, -0.05) is 54.0 Å². The first-order chi connectivity index (χ1) is 16.9. The first kappa shape index (κ1) is 25.2. The number of allylic oxidation sites excluding steroid dienone is 3. The molecule has 174 valence electrons. The third kappa shape index (κ3) is 7.30. The topological polar surface area (TPSA) is 67.4 Å². The molecular formula is C28H24BFN2O3. The molecule has 0 aliphatic rings. The van der Waals surface area contributed by atoms with Gasteiger partial charge in [0.25, 0.3) is 11.8 Å². The van der Waals surface area contributed by atoms with Gasteiger partial charge < -0.3 is 15.4 Å². The Balaban J connectivity index is 1.88. The fraction of sp³-hybridized carbons (Fsp3) is 0.0714. The molecule has 7 heteroatoms. The molecule has 3 aromatic rings. The SMILES string of the molecule is [B]/C(C)=C(/C=C\C)Oc1ccc(/C=C(\NC(=O)c2ccccc2F)C(=O)Nc2ccccc2)cc1. The molecular weight excluding hydrogens is 442 g/mol. The average Bonchev–Trinajstić information content (AvgIpc) is 2.85. The van der Waals surface area contributed by atoms with Crippen LogP contribution < -0.4 is 15.4 Å². The molecule has 0 atom stereocenters. The Kier molecular flexibility index (Phi) is 8.79. The lowest BCUT2D eigenvalue weighted by atomic mass is 9.96. The number of halogens is 1. The molecule has 0 aromatic heterocycles. The number of hydrogen-bond acceptors (Lipinski definition) is 3. The summed E-state index contributed by atoms with van der Waals surface area (Å²) in [4.78, 5) is 25.7. The predicted octanol–water partition coefficient (Wildman–Crippen LogP) is 5.59. The van der Waals surface area contributed by atoms with Crippen molar-refractivity contribution >= 4 is 31.4 Å². The van der Waals surface area contributed by atoms with Crippen LogP contribution in [0.5, 0.6) is 5.75 Å². The second kappa shape index (κ2) is 12.2. The molecule has 0 aliphatic carbocycles. The molecule has 3 rings (SSSR count). The first-order valence-electron chi connectivity index (χ1n) is 10.9. The van der Waals surface area contributed by atoms with Gasteiger partial charge in [-0.3, -0.25) is 9.59 Å². The highest BCUT2D eigenvalue weighted by Gasteiger charge is 2.17. The molecule has 0 heterocycles. The van der Waals surface area contributed by atoms with Gasteiger partial charge in [-0.05, 0) is 68.0 Å². The number of carbonyl (C=O) groups excluding carboxylic acids is 2. The minimum atomic E-state index is -0.739. The third-order valence-electron chi connectivity index (χ3n) is 4.77. The molecule has 0 aliphatic heterocycles. The maximum atomic E-state index is 14.1. The molecule has 0 bridgehead atoms. The molecule has 0 unspecified atom stereocenters. The Morgan fingerprint density at radius 2 is 1.60 bits per heavy atom. The van der Waals surface area contributed by atoms with Gasteiger partial charge in [-0.15, -0.1) is 0 Å². The number of carbonyl (C=O) groups is 2. The van der Waals surface area contributed by atoms with E-state index >= 15 is 0 Å². The molecule has 5 nitrogen and oxygen atoms in total. The van der Waals surface area contributed by atoms with Gasteiger partial charge in [0.1, 0.15) is 30.9 Å². The zero-order valence-electron chi connectivity index (χ0n) is 19.4. The molecule has 0 saturated heterocycles. The van der Waals surface area contributed by atoms with Crippen molar-refractivity contribution in [1.29, 1.82) is 0 Å². The van der Waals surface area contributed by atoms with Crippen molar-refractivity contribution in [2.45, 2.75) is 13.8 Å². The molecule has 0 fully saturated rings. The lowest BCUT2D eigenvalue weighted by Gasteiger charge is -2.12. The van der Waals surface area contributed by atoms with Crippen LogP contribution >= 0.6 is 0 Å². The van der Waals surface area contributed by atoms with Crippen molar-refractivity contribution in [3.63, 3.8) is 0 Å². The lowest BCUT2D eigenvalue weighted by Crippen LogP contribution is -2.31. The Labute approximate surface area is 205 Å². The van der Waals surface area contributed by atoms with Crippen LogP contribution in [0.25, 0.3) is 6.08 Å². The van der Waals surface area contributed by atoms with Crippen LogP contribution in [0.1, 0.15) is 29.8 Å². The second-order valence-electron chi connectivity index (χ2n) is 7.53. The van der Waals surface area contributed by atoms with E-state index in [4.69, 9.17) is 12.6 Å². The summed E-state index contributed by atoms with van der Waals surface area (Å²) in [5.74, 6) is -0.911. The van der Waals surface area contributed by atoms with Gasteiger partial charge in [-0.2, -0.15) is 0 Å². The number of hydrogen-bond donors (Lipinski definition) is 2. The smallest absolute Gasteiger partial charge is 0.272 e. The van der Waals surface area contributed by atoms with E-state index in [9.17, 15) is 14.0 Å². The summed E-state index contributed by atoms with van der Waals surface area (Å²) in [5.41, 5.74) is 1.47. The highest BCUT2D eigenvalue weighted by atomic mass is 19.1. The lowest BCUT2D eigenvalue weighted by molar-refractivity contribution is -0.113. The van der Waals surface area contributed by atoms with Gasteiger partial charge in [0.15, 0.2) is 0 Å². The number of anilines is 1. The van der Waals surface area contributed by atoms with Crippen LogP contribution in [0.3, 0.4) is 0 Å². The minimum Gasteiger partial charge on any atom is -0.458 e. The third-order valence-corrected chi connectivity index (χ3v) is 4.77.